The highest BCUT2D eigenvalue weighted by atomic mass is 16.6. The molecule has 0 radical (unpaired) electrons. The van der Waals surface area contributed by atoms with E-state index in [1.807, 2.05) is 12.1 Å². The lowest BCUT2D eigenvalue weighted by molar-refractivity contribution is -0.169. The van der Waals surface area contributed by atoms with Gasteiger partial charge in [-0.1, -0.05) is 12.1 Å². The third kappa shape index (κ3) is 3.25. The van der Waals surface area contributed by atoms with Gasteiger partial charge < -0.3 is 20.6 Å². The molecule has 0 amide bonds. The van der Waals surface area contributed by atoms with Gasteiger partial charge in [0.1, 0.15) is 11.4 Å². The van der Waals surface area contributed by atoms with Crippen LogP contribution in [0.25, 0.3) is 11.0 Å². The lowest BCUT2D eigenvalue weighted by Gasteiger charge is -2.27. The zero-order chi connectivity index (χ0) is 16.5. The molecule has 1 aromatic carbocycles. The fraction of sp³-hybridized carbons (Fsp3) is 0.400. The number of hydrogen-bond acceptors (Lipinski definition) is 5. The van der Waals surface area contributed by atoms with Crippen molar-refractivity contribution in [2.45, 2.75) is 38.3 Å². The number of carboxylic acid groups (broad SMARTS) is 1. The molecule has 0 aliphatic rings. The number of nitrogens with two attached hydrogens (primary N) is 1. The second-order valence-electron chi connectivity index (χ2n) is 6.16. The molecule has 0 spiro atoms. The summed E-state index contributed by atoms with van der Waals surface area (Å²) >= 11 is 0. The third-order valence-electron chi connectivity index (χ3n) is 3.03. The van der Waals surface area contributed by atoms with Crippen molar-refractivity contribution in [3.05, 3.63) is 30.1 Å². The number of esters is 1. The maximum Gasteiger partial charge on any atom is 0.338 e. The first-order valence-corrected chi connectivity index (χ1v) is 6.81. The molecular formula is C15H19N3O4. The summed E-state index contributed by atoms with van der Waals surface area (Å²) in [6, 6.07) is 7.22. The predicted octanol–water partition coefficient (Wildman–Crippen LogP) is 1.23. The Labute approximate surface area is 127 Å². The molecule has 7 heteroatoms. The molecule has 1 aromatic heterocycles. The van der Waals surface area contributed by atoms with Crippen LogP contribution >= 0.6 is 0 Å². The van der Waals surface area contributed by atoms with Crippen molar-refractivity contribution in [2.75, 3.05) is 0 Å². The number of imidazole rings is 1. The zero-order valence-corrected chi connectivity index (χ0v) is 12.7. The number of H-pyrrole nitrogens is 1. The van der Waals surface area contributed by atoms with Crippen molar-refractivity contribution in [1.29, 1.82) is 0 Å². The number of fused-ring (bicyclic) bond motifs is 1. The molecule has 0 aliphatic carbocycles. The van der Waals surface area contributed by atoms with E-state index in [0.717, 1.165) is 5.52 Å². The number of nitrogens with zero attached hydrogens (tertiary/aromatic N) is 1. The average molecular weight is 305 g/mol. The van der Waals surface area contributed by atoms with E-state index in [9.17, 15) is 14.7 Å². The summed E-state index contributed by atoms with van der Waals surface area (Å²) in [5, 5.41) is 9.37. The van der Waals surface area contributed by atoms with Gasteiger partial charge in [-0.3, -0.25) is 0 Å². The minimum Gasteiger partial charge on any atom is -0.479 e. The van der Waals surface area contributed by atoms with Gasteiger partial charge in [-0.15, -0.1) is 0 Å². The number of ether oxygens (including phenoxy) is 1. The quantitative estimate of drug-likeness (QED) is 0.577. The Hall–Kier alpha value is -2.41. The smallest absolute Gasteiger partial charge is 0.338 e. The number of aromatic amines is 1. The van der Waals surface area contributed by atoms with E-state index in [1.54, 1.807) is 32.9 Å². The number of carboxylic acids is 1. The lowest BCUT2D eigenvalue weighted by atomic mass is 9.96. The molecule has 2 rings (SSSR count). The Morgan fingerprint density at radius 2 is 1.95 bits per heavy atom. The molecule has 2 aromatic rings. The van der Waals surface area contributed by atoms with Gasteiger partial charge in [0.05, 0.1) is 11.0 Å². The molecule has 4 N–H and O–H groups in total. The summed E-state index contributed by atoms with van der Waals surface area (Å²) < 4.78 is 5.12. The van der Waals surface area contributed by atoms with Crippen LogP contribution in [0.5, 0.6) is 0 Å². The summed E-state index contributed by atoms with van der Waals surface area (Å²) in [6.07, 6.45) is -0.286. The SMILES string of the molecule is CC(C)(C)OC(=O)[C@@](N)(Cc1nc2ccccc2[nH]1)C(=O)O. The van der Waals surface area contributed by atoms with Gasteiger partial charge in [-0.2, -0.15) is 0 Å². The van der Waals surface area contributed by atoms with Crippen molar-refractivity contribution in [2.24, 2.45) is 5.73 Å². The van der Waals surface area contributed by atoms with E-state index in [4.69, 9.17) is 10.5 Å². The topological polar surface area (TPSA) is 118 Å². The Kier molecular flexibility index (Phi) is 3.93. The van der Waals surface area contributed by atoms with Gasteiger partial charge in [0.25, 0.3) is 0 Å². The first kappa shape index (κ1) is 16.0. The zero-order valence-electron chi connectivity index (χ0n) is 12.7. The van der Waals surface area contributed by atoms with Crippen molar-refractivity contribution < 1.29 is 19.4 Å². The molecule has 7 nitrogen and oxygen atoms in total. The highest BCUT2D eigenvalue weighted by molar-refractivity contribution is 6.04. The molecule has 1 atom stereocenters. The molecule has 22 heavy (non-hydrogen) atoms. The van der Waals surface area contributed by atoms with Crippen LogP contribution in [-0.2, 0) is 20.7 Å². The van der Waals surface area contributed by atoms with Gasteiger partial charge in [-0.25, -0.2) is 14.6 Å². The summed E-state index contributed by atoms with van der Waals surface area (Å²) in [5.74, 6) is -2.13. The predicted molar refractivity (Wildman–Crippen MR) is 80.2 cm³/mol. The molecule has 0 unspecified atom stereocenters. The van der Waals surface area contributed by atoms with E-state index in [0.29, 0.717) is 11.3 Å². The van der Waals surface area contributed by atoms with Gasteiger partial charge in [0.15, 0.2) is 0 Å². The van der Waals surface area contributed by atoms with Gasteiger partial charge in [-0.05, 0) is 32.9 Å². The van der Waals surface area contributed by atoms with E-state index in [1.165, 1.54) is 0 Å². The van der Waals surface area contributed by atoms with E-state index < -0.39 is 23.1 Å². The van der Waals surface area contributed by atoms with Crippen LogP contribution < -0.4 is 5.73 Å². The van der Waals surface area contributed by atoms with Gasteiger partial charge >= 0.3 is 11.9 Å². The first-order chi connectivity index (χ1) is 10.1. The normalized spacial score (nSPS) is 14.5. The van der Waals surface area contributed by atoms with Crippen LogP contribution in [0.3, 0.4) is 0 Å². The number of rotatable bonds is 4. The number of aromatic nitrogens is 2. The fourth-order valence-corrected chi connectivity index (χ4v) is 1.96. The number of carbonyl (C=O) groups is 2. The monoisotopic (exact) mass is 305 g/mol. The second-order valence-corrected chi connectivity index (χ2v) is 6.16. The summed E-state index contributed by atoms with van der Waals surface area (Å²) in [4.78, 5) is 30.9. The molecule has 0 bridgehead atoms. The molecule has 1 heterocycles. The average Bonchev–Trinajstić information content (AvgIpc) is 2.78. The highest BCUT2D eigenvalue weighted by Gasteiger charge is 2.46. The Morgan fingerprint density at radius 1 is 1.32 bits per heavy atom. The molecule has 118 valence electrons. The third-order valence-corrected chi connectivity index (χ3v) is 3.03. The molecule has 0 saturated heterocycles. The summed E-state index contributed by atoms with van der Waals surface area (Å²) in [7, 11) is 0. The summed E-state index contributed by atoms with van der Waals surface area (Å²) in [5.41, 5.74) is 4.21. The van der Waals surface area contributed by atoms with E-state index >= 15 is 0 Å². The molecule has 0 aliphatic heterocycles. The highest BCUT2D eigenvalue weighted by Crippen LogP contribution is 2.19. The number of para-hydroxylation sites is 2. The number of nitrogens with one attached hydrogen (secondary N) is 1. The van der Waals surface area contributed by atoms with Crippen LogP contribution in [0.2, 0.25) is 0 Å². The minimum absolute atomic E-state index is 0.286. The maximum atomic E-state index is 12.2. The minimum atomic E-state index is -2.19. The van der Waals surface area contributed by atoms with Crippen molar-refractivity contribution in [3.63, 3.8) is 0 Å². The van der Waals surface area contributed by atoms with Crippen LogP contribution in [0.15, 0.2) is 24.3 Å². The fourth-order valence-electron chi connectivity index (χ4n) is 1.96. The number of benzene rings is 1. The Morgan fingerprint density at radius 3 is 2.50 bits per heavy atom. The number of aliphatic carboxylic acids is 1. The summed E-state index contributed by atoms with van der Waals surface area (Å²) in [6.45, 7) is 4.94. The Balaban J connectivity index is 2.31. The first-order valence-electron chi connectivity index (χ1n) is 6.81. The van der Waals surface area contributed by atoms with Crippen LogP contribution in [0, 0.1) is 0 Å². The largest absolute Gasteiger partial charge is 0.479 e. The Bertz CT molecular complexity index is 684. The number of hydrogen-bond donors (Lipinski definition) is 3. The second kappa shape index (κ2) is 5.42. The number of carbonyl (C=O) groups excluding carboxylic acids is 1. The van der Waals surface area contributed by atoms with E-state index in [-0.39, 0.29) is 6.42 Å². The van der Waals surface area contributed by atoms with Crippen LogP contribution in [-0.4, -0.2) is 38.2 Å². The maximum absolute atomic E-state index is 12.2. The van der Waals surface area contributed by atoms with Crippen LogP contribution in [0.1, 0.15) is 26.6 Å². The van der Waals surface area contributed by atoms with Crippen molar-refractivity contribution >= 4 is 23.0 Å². The van der Waals surface area contributed by atoms with Crippen molar-refractivity contribution in [3.8, 4) is 0 Å². The van der Waals surface area contributed by atoms with Crippen LogP contribution in [0.4, 0.5) is 0 Å². The molecule has 0 fully saturated rings. The molecule has 0 saturated carbocycles. The standard InChI is InChI=1S/C15H19N3O4/c1-14(2,3)22-13(21)15(16,12(19)20)8-11-17-9-6-4-5-7-10(9)18-11/h4-7H,8,16H2,1-3H3,(H,17,18)(H,19,20)/t15-/m1/s1. The van der Waals surface area contributed by atoms with E-state index in [2.05, 4.69) is 9.97 Å². The van der Waals surface area contributed by atoms with Gasteiger partial charge in [0.2, 0.25) is 5.54 Å². The van der Waals surface area contributed by atoms with Crippen molar-refractivity contribution in [1.82, 2.24) is 9.97 Å². The van der Waals surface area contributed by atoms with Gasteiger partial charge in [0, 0.05) is 6.42 Å². The molecular weight excluding hydrogens is 286 g/mol. The lowest BCUT2D eigenvalue weighted by Crippen LogP contribution is -2.58.